The molecule has 1 unspecified atom stereocenters. The Labute approximate surface area is 128 Å². The molecule has 1 atom stereocenters. The van der Waals surface area contributed by atoms with Crippen molar-refractivity contribution in [3.63, 3.8) is 0 Å². The van der Waals surface area contributed by atoms with Crippen LogP contribution in [-0.4, -0.2) is 28.2 Å². The van der Waals surface area contributed by atoms with Gasteiger partial charge in [0.15, 0.2) is 0 Å². The van der Waals surface area contributed by atoms with Gasteiger partial charge in [-0.15, -0.1) is 0 Å². The second-order valence-electron chi connectivity index (χ2n) is 5.23. The molecule has 0 amide bonds. The van der Waals surface area contributed by atoms with E-state index in [0.29, 0.717) is 11.6 Å². The van der Waals surface area contributed by atoms with Crippen molar-refractivity contribution in [3.05, 3.63) is 52.8 Å². The van der Waals surface area contributed by atoms with Gasteiger partial charge in [-0.2, -0.15) is 0 Å². The van der Waals surface area contributed by atoms with Gasteiger partial charge in [0.05, 0.1) is 18.3 Å². The summed E-state index contributed by atoms with van der Waals surface area (Å²) in [5.74, 6) is -0.622. The van der Waals surface area contributed by atoms with Crippen LogP contribution in [-0.2, 0) is 17.8 Å². The van der Waals surface area contributed by atoms with E-state index < -0.39 is 5.97 Å². The van der Waals surface area contributed by atoms with Crippen molar-refractivity contribution in [1.82, 2.24) is 9.97 Å². The maximum absolute atomic E-state index is 11.2. The minimum atomic E-state index is -1.05. The fourth-order valence-corrected chi connectivity index (χ4v) is 2.77. The van der Waals surface area contributed by atoms with Crippen LogP contribution in [0.2, 0.25) is 0 Å². The summed E-state index contributed by atoms with van der Waals surface area (Å²) in [6.07, 6.45) is 3.32. The van der Waals surface area contributed by atoms with Gasteiger partial charge in [0.2, 0.25) is 5.95 Å². The molecule has 1 aliphatic rings. The van der Waals surface area contributed by atoms with Crippen molar-refractivity contribution in [2.75, 3.05) is 12.4 Å². The number of anilines is 1. The summed E-state index contributed by atoms with van der Waals surface area (Å²) in [6.45, 7) is 0.139. The molecule has 0 radical (unpaired) electrons. The minimum absolute atomic E-state index is 0.0687. The van der Waals surface area contributed by atoms with Gasteiger partial charge in [-0.3, -0.25) is 0 Å². The number of rotatable bonds is 5. The molecule has 6 nitrogen and oxygen atoms in total. The first-order chi connectivity index (χ1) is 10.7. The Hall–Kier alpha value is -2.47. The van der Waals surface area contributed by atoms with Crippen LogP contribution in [0.5, 0.6) is 0 Å². The van der Waals surface area contributed by atoms with E-state index in [0.717, 1.165) is 12.8 Å². The minimum Gasteiger partial charge on any atom is -0.478 e. The van der Waals surface area contributed by atoms with E-state index in [4.69, 9.17) is 9.84 Å². The lowest BCUT2D eigenvalue weighted by Gasteiger charge is -2.15. The zero-order valence-electron chi connectivity index (χ0n) is 12.2. The van der Waals surface area contributed by atoms with Crippen molar-refractivity contribution >= 4 is 11.9 Å². The molecule has 22 heavy (non-hydrogen) atoms. The van der Waals surface area contributed by atoms with Crippen LogP contribution in [0, 0.1) is 0 Å². The van der Waals surface area contributed by atoms with E-state index >= 15 is 0 Å². The van der Waals surface area contributed by atoms with Crippen LogP contribution in [0.25, 0.3) is 0 Å². The molecule has 2 aromatic rings. The van der Waals surface area contributed by atoms with Crippen LogP contribution >= 0.6 is 0 Å². The molecule has 1 aromatic carbocycles. The SMILES string of the molecule is COCc1nc(NC2CCc3ccccc32)ncc1C(=O)O. The maximum Gasteiger partial charge on any atom is 0.339 e. The summed E-state index contributed by atoms with van der Waals surface area (Å²) in [7, 11) is 1.51. The van der Waals surface area contributed by atoms with Gasteiger partial charge in [-0.05, 0) is 24.0 Å². The molecule has 1 aliphatic carbocycles. The number of aromatic carboxylic acids is 1. The molecule has 1 heterocycles. The monoisotopic (exact) mass is 299 g/mol. The number of carbonyl (C=O) groups is 1. The number of methoxy groups -OCH3 is 1. The van der Waals surface area contributed by atoms with E-state index in [1.165, 1.54) is 24.4 Å². The quantitative estimate of drug-likeness (QED) is 0.882. The molecular weight excluding hydrogens is 282 g/mol. The predicted molar refractivity (Wildman–Crippen MR) is 80.8 cm³/mol. The van der Waals surface area contributed by atoms with E-state index in [9.17, 15) is 4.79 Å². The number of nitrogens with zero attached hydrogens (tertiary/aromatic N) is 2. The first kappa shape index (κ1) is 14.5. The maximum atomic E-state index is 11.2. The Morgan fingerprint density at radius 1 is 1.45 bits per heavy atom. The van der Waals surface area contributed by atoms with Gasteiger partial charge in [-0.25, -0.2) is 14.8 Å². The zero-order chi connectivity index (χ0) is 15.5. The summed E-state index contributed by atoms with van der Waals surface area (Å²) in [6, 6.07) is 8.44. The molecule has 0 spiro atoms. The normalized spacial score (nSPS) is 16.3. The predicted octanol–water partition coefficient (Wildman–Crippen LogP) is 2.42. The second kappa shape index (κ2) is 6.11. The summed E-state index contributed by atoms with van der Waals surface area (Å²) >= 11 is 0. The summed E-state index contributed by atoms with van der Waals surface area (Å²) in [5, 5.41) is 12.4. The number of benzene rings is 1. The molecular formula is C16H17N3O3. The zero-order valence-corrected chi connectivity index (χ0v) is 12.2. The Bertz CT molecular complexity index is 703. The molecule has 6 heteroatoms. The van der Waals surface area contributed by atoms with Gasteiger partial charge < -0.3 is 15.2 Å². The van der Waals surface area contributed by atoms with Crippen LogP contribution in [0.4, 0.5) is 5.95 Å². The summed E-state index contributed by atoms with van der Waals surface area (Å²) in [5.41, 5.74) is 3.03. The molecule has 114 valence electrons. The number of hydrogen-bond acceptors (Lipinski definition) is 5. The Kier molecular flexibility index (Phi) is 4.02. The molecule has 2 N–H and O–H groups in total. The lowest BCUT2D eigenvalue weighted by atomic mass is 10.1. The average Bonchev–Trinajstić information content (AvgIpc) is 2.91. The van der Waals surface area contributed by atoms with Crippen molar-refractivity contribution in [2.45, 2.75) is 25.5 Å². The van der Waals surface area contributed by atoms with Crippen LogP contribution in [0.3, 0.4) is 0 Å². The number of ether oxygens (including phenoxy) is 1. The van der Waals surface area contributed by atoms with Crippen LogP contribution in [0.1, 0.15) is 39.6 Å². The Morgan fingerprint density at radius 3 is 3.05 bits per heavy atom. The van der Waals surface area contributed by atoms with Gasteiger partial charge in [0, 0.05) is 13.3 Å². The Balaban J connectivity index is 1.84. The number of aromatic nitrogens is 2. The number of carboxylic acids is 1. The van der Waals surface area contributed by atoms with Gasteiger partial charge in [0.1, 0.15) is 5.56 Å². The van der Waals surface area contributed by atoms with Gasteiger partial charge in [0.25, 0.3) is 0 Å². The number of carboxylic acid groups (broad SMARTS) is 1. The van der Waals surface area contributed by atoms with Gasteiger partial charge >= 0.3 is 5.97 Å². The Morgan fingerprint density at radius 2 is 2.27 bits per heavy atom. The largest absolute Gasteiger partial charge is 0.478 e. The molecule has 0 bridgehead atoms. The summed E-state index contributed by atoms with van der Waals surface area (Å²) in [4.78, 5) is 19.6. The third-order valence-corrected chi connectivity index (χ3v) is 3.82. The molecule has 3 rings (SSSR count). The van der Waals surface area contributed by atoms with Crippen LogP contribution in [0.15, 0.2) is 30.5 Å². The van der Waals surface area contributed by atoms with Crippen molar-refractivity contribution in [2.24, 2.45) is 0 Å². The van der Waals surface area contributed by atoms with E-state index in [2.05, 4.69) is 27.4 Å². The van der Waals surface area contributed by atoms with Crippen molar-refractivity contribution in [1.29, 1.82) is 0 Å². The lowest BCUT2D eigenvalue weighted by molar-refractivity contribution is 0.0690. The van der Waals surface area contributed by atoms with Crippen LogP contribution < -0.4 is 5.32 Å². The highest BCUT2D eigenvalue weighted by Crippen LogP contribution is 2.32. The van der Waals surface area contributed by atoms with E-state index in [1.54, 1.807) is 0 Å². The number of hydrogen-bond donors (Lipinski definition) is 2. The molecule has 0 aliphatic heterocycles. The van der Waals surface area contributed by atoms with Crippen molar-refractivity contribution < 1.29 is 14.6 Å². The van der Waals surface area contributed by atoms with Gasteiger partial charge in [-0.1, -0.05) is 24.3 Å². The highest BCUT2D eigenvalue weighted by Gasteiger charge is 2.23. The number of aryl methyl sites for hydroxylation is 1. The fraction of sp³-hybridized carbons (Fsp3) is 0.312. The highest BCUT2D eigenvalue weighted by atomic mass is 16.5. The molecule has 0 saturated heterocycles. The third-order valence-electron chi connectivity index (χ3n) is 3.82. The first-order valence-corrected chi connectivity index (χ1v) is 7.11. The topological polar surface area (TPSA) is 84.3 Å². The summed E-state index contributed by atoms with van der Waals surface area (Å²) < 4.78 is 5.02. The second-order valence-corrected chi connectivity index (χ2v) is 5.23. The fourth-order valence-electron chi connectivity index (χ4n) is 2.77. The highest BCUT2D eigenvalue weighted by molar-refractivity contribution is 5.88. The molecule has 0 saturated carbocycles. The third kappa shape index (κ3) is 2.78. The van der Waals surface area contributed by atoms with E-state index in [-0.39, 0.29) is 18.2 Å². The number of nitrogens with one attached hydrogen (secondary N) is 1. The van der Waals surface area contributed by atoms with E-state index in [1.807, 2.05) is 12.1 Å². The lowest BCUT2D eigenvalue weighted by Crippen LogP contribution is -2.14. The van der Waals surface area contributed by atoms with Crippen molar-refractivity contribution in [3.8, 4) is 0 Å². The number of fused-ring (bicyclic) bond motifs is 1. The standard InChI is InChI=1S/C16H17N3O3/c1-22-9-14-12(15(20)21)8-17-16(19-14)18-13-7-6-10-4-2-3-5-11(10)13/h2-5,8,13H,6-7,9H2,1H3,(H,20,21)(H,17,18,19). The molecule has 0 fully saturated rings. The first-order valence-electron chi connectivity index (χ1n) is 7.11. The average molecular weight is 299 g/mol. The molecule has 1 aromatic heterocycles. The smallest absolute Gasteiger partial charge is 0.339 e.